The molecule has 0 aliphatic rings. The fourth-order valence-electron chi connectivity index (χ4n) is 2.03. The Morgan fingerprint density at radius 3 is 2.87 bits per heavy atom. The van der Waals surface area contributed by atoms with Crippen molar-refractivity contribution in [1.82, 2.24) is 15.2 Å². The molecule has 0 spiro atoms. The number of carbonyl (C=O) groups is 1. The lowest BCUT2D eigenvalue weighted by Gasteiger charge is -1.99. The normalized spacial score (nSPS) is 11.6. The lowest BCUT2D eigenvalue weighted by molar-refractivity contribution is 0.104. The summed E-state index contributed by atoms with van der Waals surface area (Å²) in [4.78, 5) is 17.2. The molecule has 2 aromatic heterocycles. The molecule has 2 N–H and O–H groups in total. The van der Waals surface area contributed by atoms with Gasteiger partial charge in [-0.25, -0.2) is 9.37 Å². The number of carbonyl (C=O) groups excluding carboxylic acids is 1. The van der Waals surface area contributed by atoms with Gasteiger partial charge in [-0.05, 0) is 23.8 Å². The monoisotopic (exact) mass is 329 g/mol. The van der Waals surface area contributed by atoms with Gasteiger partial charge in [0.25, 0.3) is 0 Å². The van der Waals surface area contributed by atoms with E-state index in [2.05, 4.69) is 15.2 Å². The lowest BCUT2D eigenvalue weighted by atomic mass is 10.1. The number of nitrogens with one attached hydrogen (secondary N) is 1. The first-order valence-electron chi connectivity index (χ1n) is 6.76. The number of aromatic nitrogens is 3. The molecule has 0 atom stereocenters. The van der Waals surface area contributed by atoms with E-state index in [1.165, 1.54) is 23.7 Å². The van der Waals surface area contributed by atoms with Gasteiger partial charge in [0.2, 0.25) is 0 Å². The molecule has 0 saturated carbocycles. The number of aromatic amines is 1. The molecule has 0 bridgehead atoms. The number of thiophene rings is 1. The Kier molecular flexibility index (Phi) is 4.29. The van der Waals surface area contributed by atoms with Crippen molar-refractivity contribution in [1.29, 1.82) is 0 Å². The summed E-state index contributed by atoms with van der Waals surface area (Å²) in [6, 6.07) is 9.98. The Morgan fingerprint density at radius 2 is 2.13 bits per heavy atom. The Balaban J connectivity index is 1.75. The first-order chi connectivity index (χ1) is 11.1. The van der Waals surface area contributed by atoms with E-state index in [-0.39, 0.29) is 23.2 Å². The van der Waals surface area contributed by atoms with Crippen LogP contribution in [0.15, 0.2) is 48.8 Å². The van der Waals surface area contributed by atoms with Gasteiger partial charge < -0.3 is 5.11 Å². The summed E-state index contributed by atoms with van der Waals surface area (Å²) in [5.41, 5.74) is 0.577. The quantitative estimate of drug-likeness (QED) is 0.427. The molecule has 3 rings (SSSR count). The minimum atomic E-state index is -0.344. The zero-order valence-electron chi connectivity index (χ0n) is 11.9. The molecule has 0 fully saturated rings. The van der Waals surface area contributed by atoms with Crippen LogP contribution in [0.5, 0.6) is 0 Å². The Bertz CT molecular complexity index is 856. The van der Waals surface area contributed by atoms with Crippen LogP contribution in [0.1, 0.15) is 25.9 Å². The summed E-state index contributed by atoms with van der Waals surface area (Å²) in [6.07, 6.45) is 2.74. The summed E-state index contributed by atoms with van der Waals surface area (Å²) >= 11 is 1.27. The van der Waals surface area contributed by atoms with Crippen LogP contribution >= 0.6 is 11.3 Å². The summed E-state index contributed by atoms with van der Waals surface area (Å²) in [5.74, 6) is -0.765. The van der Waals surface area contributed by atoms with E-state index in [0.29, 0.717) is 16.9 Å². The molecule has 0 saturated heterocycles. The minimum absolute atomic E-state index is 0.126. The van der Waals surface area contributed by atoms with Crippen LogP contribution in [0.3, 0.4) is 0 Å². The van der Waals surface area contributed by atoms with Crippen molar-refractivity contribution < 1.29 is 14.3 Å². The van der Waals surface area contributed by atoms with Gasteiger partial charge in [-0.2, -0.15) is 5.10 Å². The van der Waals surface area contributed by atoms with Crippen molar-refractivity contribution in [2.24, 2.45) is 0 Å². The van der Waals surface area contributed by atoms with E-state index in [0.717, 1.165) is 11.0 Å². The van der Waals surface area contributed by atoms with Gasteiger partial charge >= 0.3 is 0 Å². The standard InChI is InChI=1S/C16H12FN3O2S/c17-12-4-2-1-3-10(12)7-11-5-6-15(23-11)13(21)8-14(22)16-18-9-19-20-16/h1-6,8-9,22H,7H2,(H,18,19,20). The number of hydrogen-bond acceptors (Lipinski definition) is 5. The van der Waals surface area contributed by atoms with Gasteiger partial charge in [-0.3, -0.25) is 9.89 Å². The molecule has 116 valence electrons. The van der Waals surface area contributed by atoms with Gasteiger partial charge in [0.15, 0.2) is 17.4 Å². The zero-order chi connectivity index (χ0) is 16.2. The number of H-pyrrole nitrogens is 1. The van der Waals surface area contributed by atoms with Crippen molar-refractivity contribution in [2.75, 3.05) is 0 Å². The van der Waals surface area contributed by atoms with Crippen LogP contribution in [0.25, 0.3) is 5.76 Å². The number of nitrogens with zero attached hydrogens (tertiary/aromatic N) is 2. The van der Waals surface area contributed by atoms with Crippen LogP contribution in [0.2, 0.25) is 0 Å². The highest BCUT2D eigenvalue weighted by Gasteiger charge is 2.12. The summed E-state index contributed by atoms with van der Waals surface area (Å²) in [5, 5.41) is 15.9. The topological polar surface area (TPSA) is 78.9 Å². The molecule has 0 aliphatic carbocycles. The maximum absolute atomic E-state index is 13.6. The van der Waals surface area contributed by atoms with E-state index in [1.807, 2.05) is 0 Å². The second-order valence-corrected chi connectivity index (χ2v) is 5.93. The summed E-state index contributed by atoms with van der Waals surface area (Å²) < 4.78 is 13.6. The van der Waals surface area contributed by atoms with Crippen LogP contribution < -0.4 is 0 Å². The van der Waals surface area contributed by atoms with E-state index >= 15 is 0 Å². The van der Waals surface area contributed by atoms with Crippen LogP contribution in [-0.4, -0.2) is 26.1 Å². The number of rotatable bonds is 5. The second kappa shape index (κ2) is 6.53. The van der Waals surface area contributed by atoms with Crippen molar-refractivity contribution in [2.45, 2.75) is 6.42 Å². The summed E-state index contributed by atoms with van der Waals surface area (Å²) in [6.45, 7) is 0. The van der Waals surface area contributed by atoms with E-state index in [9.17, 15) is 14.3 Å². The Labute approximate surface area is 135 Å². The fourth-order valence-corrected chi connectivity index (χ4v) is 2.97. The molecule has 0 amide bonds. The number of ketones is 1. The highest BCUT2D eigenvalue weighted by atomic mass is 32.1. The molecule has 3 aromatic rings. The highest BCUT2D eigenvalue weighted by Crippen LogP contribution is 2.22. The summed E-state index contributed by atoms with van der Waals surface area (Å²) in [7, 11) is 0. The maximum Gasteiger partial charge on any atom is 0.199 e. The molecule has 7 heteroatoms. The third kappa shape index (κ3) is 3.51. The highest BCUT2D eigenvalue weighted by molar-refractivity contribution is 7.14. The largest absolute Gasteiger partial charge is 0.504 e. The SMILES string of the molecule is O=C(C=C(O)c1ncn[nH]1)c1ccc(Cc2ccccc2F)s1. The minimum Gasteiger partial charge on any atom is -0.504 e. The van der Waals surface area contributed by atoms with Crippen molar-refractivity contribution >= 4 is 22.9 Å². The molecule has 2 heterocycles. The third-order valence-corrected chi connectivity index (χ3v) is 4.25. The number of allylic oxidation sites excluding steroid dienone is 1. The van der Waals surface area contributed by atoms with Gasteiger partial charge in [-0.1, -0.05) is 18.2 Å². The molecule has 0 radical (unpaired) electrons. The van der Waals surface area contributed by atoms with Crippen LogP contribution in [-0.2, 0) is 6.42 Å². The smallest absolute Gasteiger partial charge is 0.199 e. The zero-order valence-corrected chi connectivity index (χ0v) is 12.7. The molecule has 0 aliphatic heterocycles. The second-order valence-electron chi connectivity index (χ2n) is 4.76. The molecule has 1 aromatic carbocycles. The number of aliphatic hydroxyl groups excluding tert-OH is 1. The number of benzene rings is 1. The predicted molar refractivity (Wildman–Crippen MR) is 84.8 cm³/mol. The Morgan fingerprint density at radius 1 is 1.30 bits per heavy atom. The molecular formula is C16H12FN3O2S. The molecule has 23 heavy (non-hydrogen) atoms. The van der Waals surface area contributed by atoms with E-state index in [4.69, 9.17) is 0 Å². The van der Waals surface area contributed by atoms with Gasteiger partial charge in [0.05, 0.1) is 4.88 Å². The average molecular weight is 329 g/mol. The first kappa shape index (κ1) is 15.1. The van der Waals surface area contributed by atoms with Gasteiger partial charge in [-0.15, -0.1) is 11.3 Å². The van der Waals surface area contributed by atoms with E-state index in [1.54, 1.807) is 30.3 Å². The predicted octanol–water partition coefficient (Wildman–Crippen LogP) is 3.38. The van der Waals surface area contributed by atoms with Crippen LogP contribution in [0.4, 0.5) is 4.39 Å². The molecule has 0 unspecified atom stereocenters. The molecular weight excluding hydrogens is 317 g/mol. The van der Waals surface area contributed by atoms with Gasteiger partial charge in [0, 0.05) is 17.4 Å². The third-order valence-electron chi connectivity index (χ3n) is 3.15. The number of hydrogen-bond donors (Lipinski definition) is 2. The van der Waals surface area contributed by atoms with Gasteiger partial charge in [0.1, 0.15) is 12.1 Å². The van der Waals surface area contributed by atoms with Crippen molar-refractivity contribution in [3.05, 3.63) is 75.8 Å². The van der Waals surface area contributed by atoms with E-state index < -0.39 is 0 Å². The van der Waals surface area contributed by atoms with Crippen molar-refractivity contribution in [3.8, 4) is 0 Å². The maximum atomic E-state index is 13.6. The molecule has 5 nitrogen and oxygen atoms in total. The first-order valence-corrected chi connectivity index (χ1v) is 7.58. The number of aliphatic hydroxyl groups is 1. The average Bonchev–Trinajstić information content (AvgIpc) is 3.21. The van der Waals surface area contributed by atoms with Crippen LogP contribution in [0, 0.1) is 5.82 Å². The lowest BCUT2D eigenvalue weighted by Crippen LogP contribution is -1.95. The fraction of sp³-hybridized carbons (Fsp3) is 0.0625. The Hall–Kier alpha value is -2.80. The van der Waals surface area contributed by atoms with Crippen molar-refractivity contribution in [3.63, 3.8) is 0 Å². The number of halogens is 1.